The molecule has 21 heavy (non-hydrogen) atoms. The molecule has 0 saturated heterocycles. The Morgan fingerprint density at radius 2 is 1.76 bits per heavy atom. The molecule has 0 aliphatic heterocycles. The average Bonchev–Trinajstić information content (AvgIpc) is 2.45. The molecule has 3 N–H and O–H groups in total. The molecule has 0 heterocycles. The fourth-order valence-corrected chi connectivity index (χ4v) is 3.18. The first kappa shape index (κ1) is 16.0. The van der Waals surface area contributed by atoms with Crippen molar-refractivity contribution in [3.05, 3.63) is 29.8 Å². The third-order valence-electron chi connectivity index (χ3n) is 4.13. The Labute approximate surface area is 126 Å². The molecular formula is C15H22N2O3S. The van der Waals surface area contributed by atoms with Crippen LogP contribution < -0.4 is 10.5 Å². The minimum Gasteiger partial charge on any atom is -0.352 e. The van der Waals surface area contributed by atoms with Crippen LogP contribution in [-0.4, -0.2) is 20.9 Å². The summed E-state index contributed by atoms with van der Waals surface area (Å²) in [4.78, 5) is 12.0. The second kappa shape index (κ2) is 6.58. The van der Waals surface area contributed by atoms with Crippen LogP contribution in [0.1, 0.15) is 43.0 Å². The van der Waals surface area contributed by atoms with Crippen molar-refractivity contribution in [3.63, 3.8) is 0 Å². The largest absolute Gasteiger partial charge is 0.352 e. The monoisotopic (exact) mass is 310 g/mol. The number of hydrogen-bond donors (Lipinski definition) is 2. The molecule has 0 aromatic heterocycles. The number of hydrogen-bond acceptors (Lipinski definition) is 3. The van der Waals surface area contributed by atoms with Crippen molar-refractivity contribution in [2.24, 2.45) is 17.0 Å². The Hall–Kier alpha value is -1.40. The zero-order valence-electron chi connectivity index (χ0n) is 12.2. The van der Waals surface area contributed by atoms with Crippen molar-refractivity contribution in [3.8, 4) is 0 Å². The zero-order chi connectivity index (χ0) is 15.5. The highest BCUT2D eigenvalue weighted by molar-refractivity contribution is 7.89. The van der Waals surface area contributed by atoms with Crippen LogP contribution in [0.4, 0.5) is 0 Å². The molecule has 6 heteroatoms. The van der Waals surface area contributed by atoms with E-state index in [9.17, 15) is 13.2 Å². The van der Waals surface area contributed by atoms with E-state index in [-0.39, 0.29) is 10.8 Å². The second-order valence-corrected chi connectivity index (χ2v) is 7.47. The van der Waals surface area contributed by atoms with E-state index in [4.69, 9.17) is 5.14 Å². The lowest BCUT2D eigenvalue weighted by molar-refractivity contribution is 0.0942. The lowest BCUT2D eigenvalue weighted by Crippen LogP contribution is -2.31. The van der Waals surface area contributed by atoms with Gasteiger partial charge in [0.2, 0.25) is 10.0 Å². The van der Waals surface area contributed by atoms with E-state index in [2.05, 4.69) is 12.2 Å². The highest BCUT2D eigenvalue weighted by Crippen LogP contribution is 2.27. The smallest absolute Gasteiger partial charge is 0.251 e. The molecule has 116 valence electrons. The van der Waals surface area contributed by atoms with E-state index in [1.165, 1.54) is 37.1 Å². The number of primary sulfonamides is 1. The fourth-order valence-electron chi connectivity index (χ4n) is 2.67. The van der Waals surface area contributed by atoms with Crippen molar-refractivity contribution in [1.82, 2.24) is 5.32 Å². The van der Waals surface area contributed by atoms with Gasteiger partial charge in [-0.05, 0) is 48.9 Å². The summed E-state index contributed by atoms with van der Waals surface area (Å²) in [6.45, 7) is 2.95. The molecule has 1 aromatic carbocycles. The lowest BCUT2D eigenvalue weighted by atomic mass is 9.83. The average molecular weight is 310 g/mol. The third-order valence-corrected chi connectivity index (χ3v) is 5.06. The molecule has 1 aromatic rings. The van der Waals surface area contributed by atoms with Gasteiger partial charge in [-0.1, -0.05) is 19.8 Å². The van der Waals surface area contributed by atoms with Gasteiger partial charge in [-0.3, -0.25) is 4.79 Å². The number of nitrogens with one attached hydrogen (secondary N) is 1. The van der Waals surface area contributed by atoms with Gasteiger partial charge in [0.25, 0.3) is 5.91 Å². The summed E-state index contributed by atoms with van der Waals surface area (Å²) in [5.41, 5.74) is 0.451. The number of benzene rings is 1. The maximum absolute atomic E-state index is 12.0. The van der Waals surface area contributed by atoms with Gasteiger partial charge in [0.05, 0.1) is 4.90 Å². The molecule has 1 aliphatic carbocycles. The van der Waals surface area contributed by atoms with Crippen molar-refractivity contribution in [1.29, 1.82) is 0 Å². The molecule has 0 spiro atoms. The summed E-state index contributed by atoms with van der Waals surface area (Å²) in [6.07, 6.45) is 4.77. The maximum Gasteiger partial charge on any atom is 0.251 e. The van der Waals surface area contributed by atoms with E-state index in [0.717, 1.165) is 18.8 Å². The number of amides is 1. The summed E-state index contributed by atoms with van der Waals surface area (Å²) in [7, 11) is -3.71. The zero-order valence-corrected chi connectivity index (χ0v) is 13.0. The minimum absolute atomic E-state index is 0.0142. The van der Waals surface area contributed by atoms with Crippen LogP contribution >= 0.6 is 0 Å². The quantitative estimate of drug-likeness (QED) is 0.890. The third kappa shape index (κ3) is 4.54. The molecular weight excluding hydrogens is 288 g/mol. The van der Waals surface area contributed by atoms with Gasteiger partial charge in [-0.15, -0.1) is 0 Å². The van der Waals surface area contributed by atoms with Crippen LogP contribution in [0.2, 0.25) is 0 Å². The molecule has 1 fully saturated rings. The summed E-state index contributed by atoms with van der Waals surface area (Å²) in [6, 6.07) is 5.68. The molecule has 0 radical (unpaired) electrons. The molecule has 1 saturated carbocycles. The van der Waals surface area contributed by atoms with Crippen molar-refractivity contribution in [2.75, 3.05) is 6.54 Å². The molecule has 5 nitrogen and oxygen atoms in total. The number of nitrogens with two attached hydrogens (primary N) is 1. The minimum atomic E-state index is -3.71. The van der Waals surface area contributed by atoms with E-state index < -0.39 is 10.0 Å². The summed E-state index contributed by atoms with van der Waals surface area (Å²) in [5.74, 6) is 1.17. The normalized spacial score (nSPS) is 22.8. The Kier molecular flexibility index (Phi) is 5.00. The van der Waals surface area contributed by atoms with E-state index in [0.29, 0.717) is 18.0 Å². The maximum atomic E-state index is 12.0. The Balaban J connectivity index is 1.89. The molecule has 1 aliphatic rings. The van der Waals surface area contributed by atoms with E-state index in [1.54, 1.807) is 0 Å². The predicted octanol–water partition coefficient (Wildman–Crippen LogP) is 1.89. The Morgan fingerprint density at radius 3 is 2.29 bits per heavy atom. The van der Waals surface area contributed by atoms with E-state index in [1.807, 2.05) is 0 Å². The van der Waals surface area contributed by atoms with Gasteiger partial charge in [0.1, 0.15) is 0 Å². The summed E-state index contributed by atoms with van der Waals surface area (Å²) >= 11 is 0. The van der Waals surface area contributed by atoms with Gasteiger partial charge in [0, 0.05) is 12.1 Å². The molecule has 0 atom stereocenters. The first-order valence-corrected chi connectivity index (χ1v) is 8.82. The summed E-state index contributed by atoms with van der Waals surface area (Å²) < 4.78 is 22.3. The second-order valence-electron chi connectivity index (χ2n) is 5.91. The Morgan fingerprint density at radius 1 is 1.19 bits per heavy atom. The topological polar surface area (TPSA) is 89.3 Å². The van der Waals surface area contributed by atoms with Crippen molar-refractivity contribution >= 4 is 15.9 Å². The molecule has 1 amide bonds. The van der Waals surface area contributed by atoms with Crippen LogP contribution in [0.25, 0.3) is 0 Å². The predicted molar refractivity (Wildman–Crippen MR) is 81.3 cm³/mol. The van der Waals surface area contributed by atoms with Crippen molar-refractivity contribution < 1.29 is 13.2 Å². The molecule has 2 rings (SSSR count). The first-order valence-electron chi connectivity index (χ1n) is 7.27. The lowest BCUT2D eigenvalue weighted by Gasteiger charge is -2.26. The van der Waals surface area contributed by atoms with Crippen LogP contribution in [-0.2, 0) is 10.0 Å². The number of carbonyl (C=O) groups excluding carboxylic acids is 1. The fraction of sp³-hybridized carbons (Fsp3) is 0.533. The first-order chi connectivity index (χ1) is 9.86. The van der Waals surface area contributed by atoms with Crippen LogP contribution in [0, 0.1) is 11.8 Å². The van der Waals surface area contributed by atoms with Crippen LogP contribution in [0.5, 0.6) is 0 Å². The van der Waals surface area contributed by atoms with Gasteiger partial charge in [0.15, 0.2) is 0 Å². The number of sulfonamides is 1. The standard InChI is InChI=1S/C15H22N2O3S/c1-11-2-4-12(5-3-11)10-17-15(18)13-6-8-14(9-7-13)21(16,19)20/h6-9,11-12H,2-5,10H2,1H3,(H,17,18)(H2,16,19,20). The number of carbonyl (C=O) groups is 1. The molecule has 0 unspecified atom stereocenters. The van der Waals surface area contributed by atoms with Gasteiger partial charge in [-0.25, -0.2) is 13.6 Å². The van der Waals surface area contributed by atoms with Crippen LogP contribution in [0.3, 0.4) is 0 Å². The SMILES string of the molecule is CC1CCC(CNC(=O)c2ccc(S(N)(=O)=O)cc2)CC1. The van der Waals surface area contributed by atoms with Gasteiger partial charge in [-0.2, -0.15) is 0 Å². The van der Waals surface area contributed by atoms with Gasteiger partial charge >= 0.3 is 0 Å². The van der Waals surface area contributed by atoms with Gasteiger partial charge < -0.3 is 5.32 Å². The summed E-state index contributed by atoms with van der Waals surface area (Å²) in [5, 5.41) is 7.94. The van der Waals surface area contributed by atoms with Crippen LogP contribution in [0.15, 0.2) is 29.2 Å². The van der Waals surface area contributed by atoms with E-state index >= 15 is 0 Å². The van der Waals surface area contributed by atoms with Crippen molar-refractivity contribution in [2.45, 2.75) is 37.5 Å². The Bertz CT molecular complexity index is 588. The molecule has 0 bridgehead atoms. The highest BCUT2D eigenvalue weighted by Gasteiger charge is 2.19. The highest BCUT2D eigenvalue weighted by atomic mass is 32.2. The number of rotatable bonds is 4.